The lowest BCUT2D eigenvalue weighted by Gasteiger charge is -2.24. The van der Waals surface area contributed by atoms with Gasteiger partial charge in [0.15, 0.2) is 0 Å². The van der Waals surface area contributed by atoms with E-state index in [-0.39, 0.29) is 29.8 Å². The second-order valence-electron chi connectivity index (χ2n) is 13.0. The summed E-state index contributed by atoms with van der Waals surface area (Å²) in [4.78, 5) is 41.7. The van der Waals surface area contributed by atoms with E-state index in [0.29, 0.717) is 24.2 Å². The molecule has 12 heteroatoms. The van der Waals surface area contributed by atoms with E-state index in [9.17, 15) is 22.8 Å². The quantitative estimate of drug-likeness (QED) is 0.380. The zero-order chi connectivity index (χ0) is 33.0. The van der Waals surface area contributed by atoms with E-state index < -0.39 is 21.7 Å². The molecule has 3 amide bonds. The van der Waals surface area contributed by atoms with Crippen LogP contribution < -0.4 is 14.8 Å². The Morgan fingerprint density at radius 1 is 0.957 bits per heavy atom. The normalized spacial score (nSPS) is 17.4. The molecule has 2 N–H and O–H groups in total. The van der Waals surface area contributed by atoms with Crippen molar-refractivity contribution in [2.24, 2.45) is 0 Å². The summed E-state index contributed by atoms with van der Waals surface area (Å²) in [6, 6.07) is 11.1. The highest BCUT2D eigenvalue weighted by Gasteiger charge is 2.52. The first kappa shape index (κ1) is 31.8. The summed E-state index contributed by atoms with van der Waals surface area (Å²) in [6.07, 6.45) is 8.48. The van der Waals surface area contributed by atoms with Crippen molar-refractivity contribution in [1.82, 2.24) is 23.8 Å². The first-order valence-corrected chi connectivity index (χ1v) is 17.1. The molecule has 1 aromatic heterocycles. The highest BCUT2D eigenvalue weighted by molar-refractivity contribution is 7.87. The Morgan fingerprint density at radius 3 is 2.30 bits per heavy atom. The van der Waals surface area contributed by atoms with Crippen LogP contribution in [0.1, 0.15) is 72.3 Å². The number of aromatic nitrogens is 1. The molecule has 2 aliphatic carbocycles. The average molecular weight is 648 g/mol. The lowest BCUT2D eigenvalue weighted by atomic mass is 9.81. The van der Waals surface area contributed by atoms with E-state index >= 15 is 0 Å². The van der Waals surface area contributed by atoms with Crippen molar-refractivity contribution in [1.29, 1.82) is 0 Å². The second-order valence-corrected chi connectivity index (χ2v) is 14.9. The molecule has 2 heterocycles. The molecule has 0 bridgehead atoms. The summed E-state index contributed by atoms with van der Waals surface area (Å²) >= 11 is 0. The van der Waals surface area contributed by atoms with Gasteiger partial charge in [-0.2, -0.15) is 12.7 Å². The van der Waals surface area contributed by atoms with Crippen LogP contribution in [0.25, 0.3) is 28.2 Å². The Balaban J connectivity index is 1.53. The molecule has 0 unspecified atom stereocenters. The van der Waals surface area contributed by atoms with Crippen molar-refractivity contribution in [3.05, 3.63) is 58.7 Å². The number of hydrogen-bond acceptors (Lipinski definition) is 6. The van der Waals surface area contributed by atoms with Gasteiger partial charge in [0, 0.05) is 55.8 Å². The van der Waals surface area contributed by atoms with Crippen molar-refractivity contribution in [3.8, 4) is 17.0 Å². The second kappa shape index (κ2) is 11.9. The summed E-state index contributed by atoms with van der Waals surface area (Å²) in [5.74, 6) is -0.274. The summed E-state index contributed by atoms with van der Waals surface area (Å²) in [5, 5.41) is 4.01. The topological polar surface area (TPSA) is 130 Å². The Morgan fingerprint density at radius 2 is 1.67 bits per heavy atom. The maximum Gasteiger partial charge on any atom is 0.303 e. The lowest BCUT2D eigenvalue weighted by Crippen LogP contribution is -2.49. The number of nitrogens with zero attached hydrogens (tertiary/aromatic N) is 3. The Labute approximate surface area is 269 Å². The molecule has 1 aliphatic heterocycles. The predicted octanol–water partition coefficient (Wildman–Crippen LogP) is 4.03. The molecule has 6 rings (SSSR count). The van der Waals surface area contributed by atoms with Crippen LogP contribution in [0.5, 0.6) is 5.75 Å². The number of benzene rings is 2. The van der Waals surface area contributed by atoms with Gasteiger partial charge in [0.05, 0.1) is 19.3 Å². The number of hydrogen-bond donors (Lipinski definition) is 2. The largest absolute Gasteiger partial charge is 0.497 e. The summed E-state index contributed by atoms with van der Waals surface area (Å²) in [7, 11) is 3.68. The average Bonchev–Trinajstić information content (AvgIpc) is 3.77. The molecule has 2 aromatic carbocycles. The van der Waals surface area contributed by atoms with Crippen LogP contribution in [-0.4, -0.2) is 80.8 Å². The Hall–Kier alpha value is -4.16. The van der Waals surface area contributed by atoms with Gasteiger partial charge < -0.3 is 19.5 Å². The molecule has 0 atom stereocenters. The van der Waals surface area contributed by atoms with Crippen LogP contribution in [-0.2, 0) is 26.3 Å². The van der Waals surface area contributed by atoms with Crippen LogP contribution in [0.2, 0.25) is 0 Å². The molecule has 244 valence electrons. The number of methoxy groups -OCH3 is 1. The minimum absolute atomic E-state index is 0.132. The molecule has 2 saturated carbocycles. The summed E-state index contributed by atoms with van der Waals surface area (Å²) in [5.41, 5.74) is 4.38. The lowest BCUT2D eigenvalue weighted by molar-refractivity contribution is -0.134. The molecule has 46 heavy (non-hydrogen) atoms. The fraction of sp³-hybridized carbons (Fsp3) is 0.441. The number of carbonyl (C=O) groups is 3. The van der Waals surface area contributed by atoms with Gasteiger partial charge in [-0.1, -0.05) is 25.3 Å². The number of fused-ring (bicyclic) bond motifs is 5. The van der Waals surface area contributed by atoms with E-state index in [2.05, 4.69) is 14.6 Å². The van der Waals surface area contributed by atoms with E-state index in [0.717, 1.165) is 57.7 Å². The zero-order valence-electron chi connectivity index (χ0n) is 27.0. The monoisotopic (exact) mass is 647 g/mol. The first-order valence-electron chi connectivity index (χ1n) is 15.7. The third kappa shape index (κ3) is 5.68. The van der Waals surface area contributed by atoms with Gasteiger partial charge >= 0.3 is 10.2 Å². The zero-order valence-corrected chi connectivity index (χ0v) is 27.8. The van der Waals surface area contributed by atoms with E-state index in [4.69, 9.17) is 4.74 Å². The molecule has 2 fully saturated rings. The number of carbonyl (C=O) groups excluding carboxylic acids is 3. The molecule has 0 spiro atoms. The molecular weight excluding hydrogens is 606 g/mol. The molecule has 3 aliphatic rings. The SMILES string of the molecule is COc1ccc2c(c1)C=C(C(=O)NC1(C(=O)N(C)C)CC1)Cn1c-2c(C2CCCCC2)c2ccc(C(=O)NS(=O)(=O)N(C)C)cc21. The summed E-state index contributed by atoms with van der Waals surface area (Å²) < 4.78 is 35.7. The molecule has 0 saturated heterocycles. The van der Waals surface area contributed by atoms with Gasteiger partial charge in [0.25, 0.3) is 5.91 Å². The highest BCUT2D eigenvalue weighted by Crippen LogP contribution is 2.47. The van der Waals surface area contributed by atoms with Crippen LogP contribution in [0.15, 0.2) is 42.0 Å². The third-order valence-electron chi connectivity index (χ3n) is 9.46. The Kier molecular flexibility index (Phi) is 8.22. The van der Waals surface area contributed by atoms with Gasteiger partial charge in [-0.3, -0.25) is 14.4 Å². The standard InChI is InChI=1S/C34H41N5O6S/c1-37(2)33(42)34(15-16-34)35-31(40)24-17-23-18-25(45-5)12-14-26(23)30-29(21-9-7-6-8-10-21)27-13-11-22(19-28(27)39(30)20-24)32(41)36-46(43,44)38(3)4/h11-14,17-19,21H,6-10,15-16,20H2,1-5H3,(H,35,40)(H,36,41). The van der Waals surface area contributed by atoms with Gasteiger partial charge in [0.2, 0.25) is 11.8 Å². The van der Waals surface area contributed by atoms with Crippen molar-refractivity contribution in [2.75, 3.05) is 35.3 Å². The number of rotatable bonds is 8. The Bertz CT molecular complexity index is 1880. The van der Waals surface area contributed by atoms with E-state index in [1.807, 2.05) is 30.3 Å². The molecule has 0 radical (unpaired) electrons. The highest BCUT2D eigenvalue weighted by atomic mass is 32.2. The minimum atomic E-state index is -4.00. The van der Waals surface area contributed by atoms with Gasteiger partial charge in [-0.05, 0) is 79.1 Å². The maximum absolute atomic E-state index is 14.0. The van der Waals surface area contributed by atoms with Gasteiger partial charge in [-0.15, -0.1) is 0 Å². The van der Waals surface area contributed by atoms with Crippen molar-refractivity contribution in [3.63, 3.8) is 0 Å². The van der Waals surface area contributed by atoms with Crippen LogP contribution in [0.4, 0.5) is 0 Å². The van der Waals surface area contributed by atoms with E-state index in [1.54, 1.807) is 33.3 Å². The van der Waals surface area contributed by atoms with Crippen molar-refractivity contribution >= 4 is 44.9 Å². The van der Waals surface area contributed by atoms with Crippen LogP contribution in [0, 0.1) is 0 Å². The van der Waals surface area contributed by atoms with E-state index in [1.165, 1.54) is 31.0 Å². The summed E-state index contributed by atoms with van der Waals surface area (Å²) in [6.45, 7) is 0.189. The molecule has 3 aromatic rings. The molecular formula is C34H41N5O6S. The fourth-order valence-corrected chi connectivity index (χ4v) is 7.37. The van der Waals surface area contributed by atoms with Crippen molar-refractivity contribution < 1.29 is 27.5 Å². The number of amides is 3. The van der Waals surface area contributed by atoms with Crippen LogP contribution in [0.3, 0.4) is 0 Å². The predicted molar refractivity (Wildman–Crippen MR) is 177 cm³/mol. The third-order valence-corrected chi connectivity index (χ3v) is 10.9. The smallest absolute Gasteiger partial charge is 0.303 e. The van der Waals surface area contributed by atoms with Gasteiger partial charge in [0.1, 0.15) is 11.3 Å². The maximum atomic E-state index is 14.0. The number of ether oxygens (including phenoxy) is 1. The number of nitrogens with one attached hydrogen (secondary N) is 2. The molecule has 11 nitrogen and oxygen atoms in total. The van der Waals surface area contributed by atoms with Crippen LogP contribution >= 0.6 is 0 Å². The fourth-order valence-electron chi connectivity index (χ4n) is 6.83. The number of likely N-dealkylation sites (N-methyl/N-ethyl adjacent to an activating group) is 1. The van der Waals surface area contributed by atoms with Gasteiger partial charge in [-0.25, -0.2) is 4.72 Å². The van der Waals surface area contributed by atoms with Crippen molar-refractivity contribution in [2.45, 2.75) is 62.9 Å². The first-order chi connectivity index (χ1) is 21.8. The minimum Gasteiger partial charge on any atom is -0.497 e.